The zero-order chi connectivity index (χ0) is 15.8. The van der Waals surface area contributed by atoms with Gasteiger partial charge in [-0.25, -0.2) is 0 Å². The van der Waals surface area contributed by atoms with E-state index in [2.05, 4.69) is 44.3 Å². The van der Waals surface area contributed by atoms with E-state index >= 15 is 0 Å². The van der Waals surface area contributed by atoms with E-state index in [4.69, 9.17) is 10.3 Å². The maximum absolute atomic E-state index is 11.1. The number of H-pyrrole nitrogens is 1. The number of aromatic amines is 1. The first-order chi connectivity index (χ1) is 11.2. The number of aromatic nitrogens is 3. The Balaban J connectivity index is 1.60. The first-order valence-corrected chi connectivity index (χ1v) is 7.65. The van der Waals surface area contributed by atoms with Crippen molar-refractivity contribution in [1.82, 2.24) is 20.0 Å². The normalized spacial score (nSPS) is 18.7. The Labute approximate surface area is 132 Å². The van der Waals surface area contributed by atoms with Crippen molar-refractivity contribution in [2.75, 3.05) is 6.54 Å². The molecule has 3 heterocycles. The summed E-state index contributed by atoms with van der Waals surface area (Å²) in [5.41, 5.74) is 7.58. The van der Waals surface area contributed by atoms with Crippen molar-refractivity contribution >= 4 is 16.8 Å². The van der Waals surface area contributed by atoms with Crippen LogP contribution in [0.2, 0.25) is 0 Å². The lowest BCUT2D eigenvalue weighted by molar-refractivity contribution is 0.0987. The maximum Gasteiger partial charge on any atom is 0.290 e. The summed E-state index contributed by atoms with van der Waals surface area (Å²) in [4.78, 5) is 20.9. The number of primary amides is 1. The Bertz CT molecular complexity index is 853. The highest BCUT2D eigenvalue weighted by Gasteiger charge is 2.31. The number of nitrogens with two attached hydrogens (primary N) is 1. The molecule has 1 aromatic carbocycles. The van der Waals surface area contributed by atoms with Crippen LogP contribution in [0.25, 0.3) is 10.9 Å². The molecule has 1 saturated heterocycles. The molecule has 7 nitrogen and oxygen atoms in total. The Morgan fingerprint density at radius 1 is 1.43 bits per heavy atom. The lowest BCUT2D eigenvalue weighted by Gasteiger charge is -2.21. The Morgan fingerprint density at radius 2 is 2.35 bits per heavy atom. The fourth-order valence-electron chi connectivity index (χ4n) is 3.27. The van der Waals surface area contributed by atoms with E-state index in [1.165, 1.54) is 10.9 Å². The Morgan fingerprint density at radius 3 is 3.17 bits per heavy atom. The number of nitrogens with zero attached hydrogens (tertiary/aromatic N) is 3. The topological polar surface area (TPSA) is 101 Å². The molecule has 118 valence electrons. The third kappa shape index (κ3) is 2.49. The number of benzene rings is 1. The van der Waals surface area contributed by atoms with Gasteiger partial charge in [0.05, 0.1) is 6.04 Å². The Hall–Kier alpha value is -2.67. The van der Waals surface area contributed by atoms with E-state index in [0.29, 0.717) is 5.89 Å². The van der Waals surface area contributed by atoms with E-state index in [-0.39, 0.29) is 11.9 Å². The van der Waals surface area contributed by atoms with Crippen LogP contribution >= 0.6 is 0 Å². The van der Waals surface area contributed by atoms with Crippen LogP contribution in [0.3, 0.4) is 0 Å². The number of rotatable bonds is 4. The fraction of sp³-hybridized carbons (Fsp3) is 0.312. The van der Waals surface area contributed by atoms with Gasteiger partial charge in [0.1, 0.15) is 0 Å². The smallest absolute Gasteiger partial charge is 0.290 e. The quantitative estimate of drug-likeness (QED) is 0.767. The molecule has 0 radical (unpaired) electrons. The van der Waals surface area contributed by atoms with Crippen molar-refractivity contribution in [2.45, 2.75) is 25.4 Å². The summed E-state index contributed by atoms with van der Waals surface area (Å²) in [5, 5.41) is 4.85. The molecule has 3 N–H and O–H groups in total. The standard InChI is InChI=1S/C16H17N5O2/c17-14(22)15-19-16(23-20-15)12-5-2-8-21(12)9-11-4-1-3-10-6-7-18-13(10)11/h1,3-4,6-7,12,18H,2,5,8-9H2,(H2,17,22)/t12-/m1/s1. The van der Waals surface area contributed by atoms with Crippen molar-refractivity contribution in [2.24, 2.45) is 5.73 Å². The van der Waals surface area contributed by atoms with Gasteiger partial charge in [-0.3, -0.25) is 9.69 Å². The van der Waals surface area contributed by atoms with Gasteiger partial charge in [0.2, 0.25) is 5.89 Å². The zero-order valence-electron chi connectivity index (χ0n) is 12.5. The summed E-state index contributed by atoms with van der Waals surface area (Å²) in [5.74, 6) is -0.256. The van der Waals surface area contributed by atoms with Gasteiger partial charge in [-0.15, -0.1) is 0 Å². The number of fused-ring (bicyclic) bond motifs is 1. The van der Waals surface area contributed by atoms with E-state index in [1.54, 1.807) is 0 Å². The van der Waals surface area contributed by atoms with E-state index in [0.717, 1.165) is 31.4 Å². The molecule has 1 aliphatic heterocycles. The van der Waals surface area contributed by atoms with Crippen molar-refractivity contribution in [3.8, 4) is 0 Å². The molecule has 0 bridgehead atoms. The van der Waals surface area contributed by atoms with Crippen LogP contribution in [0.1, 0.15) is 41.0 Å². The first kappa shape index (κ1) is 14.0. The van der Waals surface area contributed by atoms with Gasteiger partial charge in [0.25, 0.3) is 11.7 Å². The monoisotopic (exact) mass is 311 g/mol. The highest BCUT2D eigenvalue weighted by molar-refractivity contribution is 5.88. The lowest BCUT2D eigenvalue weighted by atomic mass is 10.1. The average molecular weight is 311 g/mol. The highest BCUT2D eigenvalue weighted by atomic mass is 16.5. The fourth-order valence-corrected chi connectivity index (χ4v) is 3.27. The third-order valence-electron chi connectivity index (χ3n) is 4.36. The van der Waals surface area contributed by atoms with Gasteiger partial charge < -0.3 is 15.2 Å². The minimum Gasteiger partial charge on any atom is -0.363 e. The van der Waals surface area contributed by atoms with Crippen molar-refractivity contribution in [3.63, 3.8) is 0 Å². The Kier molecular flexibility index (Phi) is 3.34. The second-order valence-corrected chi connectivity index (χ2v) is 5.81. The summed E-state index contributed by atoms with van der Waals surface area (Å²) >= 11 is 0. The molecular weight excluding hydrogens is 294 g/mol. The molecule has 2 aromatic heterocycles. The first-order valence-electron chi connectivity index (χ1n) is 7.65. The van der Waals surface area contributed by atoms with Gasteiger partial charge in [-0.05, 0) is 36.4 Å². The molecule has 1 atom stereocenters. The number of carbonyl (C=O) groups is 1. The molecule has 0 saturated carbocycles. The molecule has 0 spiro atoms. The SMILES string of the molecule is NC(=O)c1noc([C@H]2CCCN2Cc2cccc3cc[nH]c23)n1. The van der Waals surface area contributed by atoms with Crippen LogP contribution in [-0.2, 0) is 6.54 Å². The lowest BCUT2D eigenvalue weighted by Crippen LogP contribution is -2.23. The summed E-state index contributed by atoms with van der Waals surface area (Å²) in [6.45, 7) is 1.74. The van der Waals surface area contributed by atoms with Crippen molar-refractivity contribution in [1.29, 1.82) is 0 Å². The van der Waals surface area contributed by atoms with Gasteiger partial charge in [-0.1, -0.05) is 23.4 Å². The van der Waals surface area contributed by atoms with Crippen LogP contribution in [0.15, 0.2) is 35.0 Å². The van der Waals surface area contributed by atoms with Crippen LogP contribution in [-0.4, -0.2) is 32.5 Å². The molecule has 3 aromatic rings. The largest absolute Gasteiger partial charge is 0.363 e. The van der Waals surface area contributed by atoms with Crippen LogP contribution in [0.4, 0.5) is 0 Å². The van der Waals surface area contributed by atoms with Gasteiger partial charge in [-0.2, -0.15) is 4.98 Å². The second-order valence-electron chi connectivity index (χ2n) is 5.81. The molecule has 23 heavy (non-hydrogen) atoms. The molecule has 0 unspecified atom stereocenters. The minimum absolute atomic E-state index is 0.0285. The van der Waals surface area contributed by atoms with Crippen LogP contribution in [0.5, 0.6) is 0 Å². The predicted molar refractivity (Wildman–Crippen MR) is 83.5 cm³/mol. The van der Waals surface area contributed by atoms with Gasteiger partial charge >= 0.3 is 0 Å². The van der Waals surface area contributed by atoms with Gasteiger partial charge in [0.15, 0.2) is 0 Å². The number of amides is 1. The molecular formula is C16H17N5O2. The summed E-state index contributed by atoms with van der Waals surface area (Å²) in [6, 6.07) is 8.37. The maximum atomic E-state index is 11.1. The summed E-state index contributed by atoms with van der Waals surface area (Å²) in [6.07, 6.45) is 3.94. The van der Waals surface area contributed by atoms with Crippen molar-refractivity contribution in [3.05, 3.63) is 47.7 Å². The van der Waals surface area contributed by atoms with E-state index in [1.807, 2.05) is 6.20 Å². The molecule has 0 aliphatic carbocycles. The molecule has 1 amide bonds. The summed E-state index contributed by atoms with van der Waals surface area (Å²) < 4.78 is 5.24. The third-order valence-corrected chi connectivity index (χ3v) is 4.36. The average Bonchev–Trinajstić information content (AvgIpc) is 3.27. The number of nitrogens with one attached hydrogen (secondary N) is 1. The molecule has 4 rings (SSSR count). The molecule has 7 heteroatoms. The number of likely N-dealkylation sites (tertiary alicyclic amines) is 1. The number of para-hydroxylation sites is 1. The summed E-state index contributed by atoms with van der Waals surface area (Å²) in [7, 11) is 0. The van der Waals surface area contributed by atoms with Crippen LogP contribution in [0, 0.1) is 0 Å². The van der Waals surface area contributed by atoms with Crippen LogP contribution < -0.4 is 5.73 Å². The van der Waals surface area contributed by atoms with E-state index in [9.17, 15) is 4.79 Å². The highest BCUT2D eigenvalue weighted by Crippen LogP contribution is 2.33. The zero-order valence-corrected chi connectivity index (χ0v) is 12.5. The van der Waals surface area contributed by atoms with Gasteiger partial charge in [0, 0.05) is 18.3 Å². The number of hydrogen-bond acceptors (Lipinski definition) is 5. The molecule has 1 fully saturated rings. The minimum atomic E-state index is -0.666. The van der Waals surface area contributed by atoms with Crippen molar-refractivity contribution < 1.29 is 9.32 Å². The van der Waals surface area contributed by atoms with E-state index < -0.39 is 5.91 Å². The predicted octanol–water partition coefficient (Wildman–Crippen LogP) is 1.99. The number of hydrogen-bond donors (Lipinski definition) is 2. The number of carbonyl (C=O) groups excluding carboxylic acids is 1. The molecule has 1 aliphatic rings. The second kappa shape index (κ2) is 5.51.